The molecule has 1 amide bonds. The van der Waals surface area contributed by atoms with Gasteiger partial charge in [0.05, 0.1) is 28.4 Å². The molecule has 2 aliphatic heterocycles. The van der Waals surface area contributed by atoms with E-state index in [1.807, 2.05) is 41.1 Å². The van der Waals surface area contributed by atoms with E-state index in [1.54, 1.807) is 42.6 Å². The lowest BCUT2D eigenvalue weighted by Crippen LogP contribution is -2.44. The summed E-state index contributed by atoms with van der Waals surface area (Å²) in [7, 11) is -11.0. The van der Waals surface area contributed by atoms with Crippen molar-refractivity contribution < 1.29 is 44.6 Å². The van der Waals surface area contributed by atoms with Crippen molar-refractivity contribution in [2.75, 3.05) is 62.6 Å². The molecule has 6 aromatic rings. The van der Waals surface area contributed by atoms with E-state index in [1.165, 1.54) is 12.3 Å². The number of alkyl halides is 3. The van der Waals surface area contributed by atoms with Crippen LogP contribution in [-0.2, 0) is 19.9 Å². The highest BCUT2D eigenvalue weighted by atomic mass is 35.5. The van der Waals surface area contributed by atoms with E-state index in [-0.39, 0.29) is 29.5 Å². The lowest BCUT2D eigenvalue weighted by Gasteiger charge is -2.36. The van der Waals surface area contributed by atoms with Crippen molar-refractivity contribution in [1.29, 1.82) is 0 Å². The van der Waals surface area contributed by atoms with Gasteiger partial charge in [-0.25, -0.2) is 26.5 Å². The van der Waals surface area contributed by atoms with Gasteiger partial charge in [0.25, 0.3) is 25.8 Å². The number of pyridine rings is 1. The van der Waals surface area contributed by atoms with Crippen molar-refractivity contribution in [1.82, 2.24) is 24.9 Å². The van der Waals surface area contributed by atoms with Gasteiger partial charge < -0.3 is 35.3 Å². The molecule has 4 aromatic carbocycles. The predicted octanol–water partition coefficient (Wildman–Crippen LogP) is 7.75. The number of aromatic nitrogens is 2. The summed E-state index contributed by atoms with van der Waals surface area (Å²) < 4.78 is 103. The molecule has 0 bridgehead atoms. The maximum Gasteiger partial charge on any atom is 0.501 e. The third-order valence-electron chi connectivity index (χ3n) is 11.9. The molecule has 2 aromatic heterocycles. The molecular weight excluding hydrogens is 919 g/mol. The molecule has 5 N–H and O–H groups in total. The molecule has 2 saturated heterocycles. The monoisotopic (exact) mass is 965 g/mol. The largest absolute Gasteiger partial charge is 0.501 e. The van der Waals surface area contributed by atoms with E-state index >= 15 is 0 Å². The standard InChI is InChI=1S/C46H47ClF3N7O7S2/c47-33-8-6-30(7-9-33)37-4-1-2-5-38(37)43(58)31-15-22-57(23-16-31)34-10-12-39(41(27-34)64-35-26-32-14-18-53-44(32)54-29-35)45(59)55-66(62,63)36-11-13-40(42(28-36)65(60,61)46(48,49)50)52-17-3-21-56-24-19-51-20-25-56/h1-2,4-14,18,26-29,31,43,51-52,58H,3,15-17,19-25H2,(H,53,54)(H,55,59)/t43-/m0/s1. The Hall–Kier alpha value is -5.70. The minimum atomic E-state index is -6.04. The Morgan fingerprint density at radius 3 is 2.41 bits per heavy atom. The van der Waals surface area contributed by atoms with Crippen molar-refractivity contribution in [2.45, 2.75) is 40.7 Å². The molecule has 0 aliphatic carbocycles. The van der Waals surface area contributed by atoms with Crippen LogP contribution >= 0.6 is 11.6 Å². The molecule has 2 fully saturated rings. The summed E-state index contributed by atoms with van der Waals surface area (Å²) in [6.07, 6.45) is 4.04. The summed E-state index contributed by atoms with van der Waals surface area (Å²) in [5.41, 5.74) is -2.58. The van der Waals surface area contributed by atoms with Gasteiger partial charge in [0.15, 0.2) is 0 Å². The molecule has 14 nitrogen and oxygen atoms in total. The minimum absolute atomic E-state index is 0.0587. The number of piperidine rings is 1. The topological polar surface area (TPSA) is 186 Å². The van der Waals surface area contributed by atoms with Crippen molar-refractivity contribution in [2.24, 2.45) is 5.92 Å². The van der Waals surface area contributed by atoms with Crippen LogP contribution < -0.4 is 25.0 Å². The summed E-state index contributed by atoms with van der Waals surface area (Å²) >= 11 is 6.13. The van der Waals surface area contributed by atoms with E-state index in [0.29, 0.717) is 66.7 Å². The molecular formula is C46H47ClF3N7O7S2. The predicted molar refractivity (Wildman–Crippen MR) is 246 cm³/mol. The second kappa shape index (κ2) is 19.6. The number of ether oxygens (including phenoxy) is 1. The quantitative estimate of drug-likeness (QED) is 0.0632. The normalized spacial score (nSPS) is 16.0. The van der Waals surface area contributed by atoms with Crippen molar-refractivity contribution in [3.63, 3.8) is 0 Å². The molecule has 20 heteroatoms. The SMILES string of the molecule is O=C(NS(=O)(=O)c1ccc(NCCCN2CCNCC2)c(S(=O)(=O)C(F)(F)F)c1)c1ccc(N2CCC([C@H](O)c3ccccc3-c3ccc(Cl)cc3)CC2)cc1Oc1cnc2[nH]ccc2c1. The van der Waals surface area contributed by atoms with E-state index < -0.39 is 52.9 Å². The Balaban J connectivity index is 1.02. The first kappa shape index (κ1) is 46.8. The first-order valence-electron chi connectivity index (χ1n) is 21.3. The molecule has 0 spiro atoms. The molecule has 348 valence electrons. The molecule has 1 atom stereocenters. The van der Waals surface area contributed by atoms with Gasteiger partial charge in [-0.1, -0.05) is 48.0 Å². The van der Waals surface area contributed by atoms with Crippen LogP contribution in [0.25, 0.3) is 22.2 Å². The summed E-state index contributed by atoms with van der Waals surface area (Å²) in [5.74, 6) is -1.12. The zero-order valence-corrected chi connectivity index (χ0v) is 37.8. The Bertz CT molecular complexity index is 2920. The number of sulfone groups is 1. The zero-order chi connectivity index (χ0) is 46.6. The van der Waals surface area contributed by atoms with Crippen molar-refractivity contribution in [3.8, 4) is 22.6 Å². The number of carbonyl (C=O) groups is 1. The number of carbonyl (C=O) groups excluding carboxylic acids is 1. The molecule has 0 unspecified atom stereocenters. The average molecular weight is 967 g/mol. The fourth-order valence-corrected chi connectivity index (χ4v) is 10.5. The molecule has 8 rings (SSSR count). The number of H-pyrrole nitrogens is 1. The Kier molecular flexibility index (Phi) is 13.9. The third-order valence-corrected chi connectivity index (χ3v) is 15.0. The number of aliphatic hydroxyl groups is 1. The second-order valence-electron chi connectivity index (χ2n) is 16.1. The average Bonchev–Trinajstić information content (AvgIpc) is 3.78. The third kappa shape index (κ3) is 10.5. The second-order valence-corrected chi connectivity index (χ2v) is 20.2. The lowest BCUT2D eigenvalue weighted by molar-refractivity contribution is -0.0435. The number of nitrogens with one attached hydrogen (secondary N) is 4. The van der Waals surface area contributed by atoms with Crippen LogP contribution in [0.15, 0.2) is 119 Å². The fraction of sp³-hybridized carbons (Fsp3) is 0.304. The number of piperazine rings is 1. The van der Waals surface area contributed by atoms with Gasteiger partial charge >= 0.3 is 5.51 Å². The van der Waals surface area contributed by atoms with E-state index in [2.05, 4.69) is 30.4 Å². The maximum absolute atomic E-state index is 14.0. The Labute approximate surface area is 385 Å². The van der Waals surface area contributed by atoms with Gasteiger partial charge in [0, 0.05) is 74.2 Å². The van der Waals surface area contributed by atoms with Crippen LogP contribution in [0.1, 0.15) is 41.3 Å². The van der Waals surface area contributed by atoms with E-state index in [9.17, 15) is 39.9 Å². The van der Waals surface area contributed by atoms with Crippen LogP contribution in [0.3, 0.4) is 0 Å². The van der Waals surface area contributed by atoms with Crippen LogP contribution in [0.5, 0.6) is 11.5 Å². The van der Waals surface area contributed by atoms with Gasteiger partial charge in [-0.2, -0.15) is 13.2 Å². The molecule has 0 radical (unpaired) electrons. The number of halogens is 4. The minimum Gasteiger partial charge on any atom is -0.455 e. The number of benzene rings is 4. The number of rotatable bonds is 15. The summed E-state index contributed by atoms with van der Waals surface area (Å²) in [6, 6.07) is 25.4. The van der Waals surface area contributed by atoms with Gasteiger partial charge in [0.1, 0.15) is 22.0 Å². The molecule has 0 saturated carbocycles. The maximum atomic E-state index is 14.0. The summed E-state index contributed by atoms with van der Waals surface area (Å²) in [6.45, 7) is 4.94. The first-order chi connectivity index (χ1) is 31.6. The summed E-state index contributed by atoms with van der Waals surface area (Å²) in [5, 5.41) is 18.9. The molecule has 4 heterocycles. The number of sulfonamides is 1. The Morgan fingerprint density at radius 2 is 1.67 bits per heavy atom. The van der Waals surface area contributed by atoms with E-state index in [4.69, 9.17) is 16.3 Å². The number of amides is 1. The van der Waals surface area contributed by atoms with Gasteiger partial charge in [-0.15, -0.1) is 0 Å². The van der Waals surface area contributed by atoms with Gasteiger partial charge in [-0.3, -0.25) is 4.79 Å². The van der Waals surface area contributed by atoms with Crippen molar-refractivity contribution in [3.05, 3.63) is 126 Å². The van der Waals surface area contributed by atoms with Crippen LogP contribution in [0.4, 0.5) is 24.5 Å². The van der Waals surface area contributed by atoms with Crippen molar-refractivity contribution >= 4 is 59.8 Å². The highest BCUT2D eigenvalue weighted by Crippen LogP contribution is 2.40. The van der Waals surface area contributed by atoms with Gasteiger partial charge in [-0.05, 0) is 103 Å². The Morgan fingerprint density at radius 1 is 0.924 bits per heavy atom. The van der Waals surface area contributed by atoms with E-state index in [0.717, 1.165) is 55.0 Å². The highest BCUT2D eigenvalue weighted by Gasteiger charge is 2.48. The number of aromatic amines is 1. The lowest BCUT2D eigenvalue weighted by atomic mass is 9.84. The smallest absolute Gasteiger partial charge is 0.455 e. The number of fused-ring (bicyclic) bond motifs is 1. The zero-order valence-electron chi connectivity index (χ0n) is 35.4. The highest BCUT2D eigenvalue weighted by molar-refractivity contribution is 7.92. The number of nitrogens with zero attached hydrogens (tertiary/aromatic N) is 3. The molecule has 2 aliphatic rings. The van der Waals surface area contributed by atoms with Crippen LogP contribution in [0.2, 0.25) is 5.02 Å². The summed E-state index contributed by atoms with van der Waals surface area (Å²) in [4.78, 5) is 23.3. The number of hydrogen-bond acceptors (Lipinski definition) is 12. The number of anilines is 2. The van der Waals surface area contributed by atoms with Crippen LogP contribution in [0, 0.1) is 5.92 Å². The fourth-order valence-electron chi connectivity index (χ4n) is 8.32. The first-order valence-corrected chi connectivity index (χ1v) is 24.6. The molecule has 66 heavy (non-hydrogen) atoms. The van der Waals surface area contributed by atoms with Crippen LogP contribution in [-0.4, -0.2) is 101 Å². The number of hydrogen-bond donors (Lipinski definition) is 5. The van der Waals surface area contributed by atoms with Gasteiger partial charge in [0.2, 0.25) is 0 Å². The number of aliphatic hydroxyl groups excluding tert-OH is 1.